The van der Waals surface area contributed by atoms with Crippen LogP contribution in [0.2, 0.25) is 0 Å². The van der Waals surface area contributed by atoms with E-state index in [-0.39, 0.29) is 5.41 Å². The van der Waals surface area contributed by atoms with Crippen LogP contribution in [0.4, 0.5) is 0 Å². The van der Waals surface area contributed by atoms with E-state index in [1.807, 2.05) is 60.7 Å². The molecule has 0 fully saturated rings. The first-order valence-corrected chi connectivity index (χ1v) is 11.7. The molecule has 170 valence electrons. The van der Waals surface area contributed by atoms with E-state index in [0.29, 0.717) is 5.56 Å². The molecule has 3 aromatic carbocycles. The van der Waals surface area contributed by atoms with Crippen molar-refractivity contribution in [3.05, 3.63) is 120 Å². The van der Waals surface area contributed by atoms with Crippen LogP contribution in [-0.2, 0) is 5.41 Å². The zero-order valence-corrected chi connectivity index (χ0v) is 19.6. The van der Waals surface area contributed by atoms with Crippen molar-refractivity contribution >= 4 is 22.1 Å². The summed E-state index contributed by atoms with van der Waals surface area (Å²) in [5.41, 5.74) is 8.08. The van der Waals surface area contributed by atoms with E-state index in [9.17, 15) is 0 Å². The summed E-state index contributed by atoms with van der Waals surface area (Å²) >= 11 is 0. The van der Waals surface area contributed by atoms with Crippen LogP contribution in [0.3, 0.4) is 0 Å². The fraction of sp³-hybridized carbons (Fsp3) is 0.125. The molecule has 3 nitrogen and oxygen atoms in total. The van der Waals surface area contributed by atoms with Gasteiger partial charge in [-0.3, -0.25) is 4.98 Å². The minimum absolute atomic E-state index is 0.262. The van der Waals surface area contributed by atoms with Crippen molar-refractivity contribution in [1.29, 1.82) is 0 Å². The van der Waals surface area contributed by atoms with Gasteiger partial charge in [0, 0.05) is 26.7 Å². The van der Waals surface area contributed by atoms with Crippen molar-refractivity contribution in [2.75, 3.05) is 0 Å². The predicted molar refractivity (Wildman–Crippen MR) is 143 cm³/mol. The van der Waals surface area contributed by atoms with Gasteiger partial charge in [-0.05, 0) is 59.9 Å². The summed E-state index contributed by atoms with van der Waals surface area (Å²) < 4.78 is 29.2. The quantitative estimate of drug-likeness (QED) is 0.267. The molecule has 0 unspecified atom stereocenters. The van der Waals surface area contributed by atoms with Gasteiger partial charge in [0.25, 0.3) is 0 Å². The smallest absolute Gasteiger partial charge is 0.153 e. The van der Waals surface area contributed by atoms with Crippen molar-refractivity contribution in [3.63, 3.8) is 0 Å². The molecule has 0 aliphatic rings. The number of pyridine rings is 2. The molecule has 3 aromatic heterocycles. The maximum atomic E-state index is 7.62. The summed E-state index contributed by atoms with van der Waals surface area (Å²) in [5.74, 6) is 0. The lowest BCUT2D eigenvalue weighted by molar-refractivity contribution is 0.617. The third kappa shape index (κ3) is 3.70. The monoisotopic (exact) mass is 457 g/mol. The molecular formula is C32H26N2O. The molecule has 0 bridgehead atoms. The summed E-state index contributed by atoms with van der Waals surface area (Å²) in [6.45, 7) is 2.25. The first kappa shape index (κ1) is 18.1. The summed E-state index contributed by atoms with van der Waals surface area (Å²) in [7, 11) is 0. The highest BCUT2D eigenvalue weighted by Gasteiger charge is 2.26. The average Bonchev–Trinajstić information content (AvgIpc) is 3.31. The topological polar surface area (TPSA) is 38.9 Å². The highest BCUT2D eigenvalue weighted by molar-refractivity contribution is 6.07. The Morgan fingerprint density at radius 1 is 0.800 bits per heavy atom. The van der Waals surface area contributed by atoms with E-state index in [4.69, 9.17) is 13.5 Å². The van der Waals surface area contributed by atoms with Gasteiger partial charge in [0.05, 0.1) is 11.4 Å². The lowest BCUT2D eigenvalue weighted by atomic mass is 9.81. The maximum Gasteiger partial charge on any atom is 0.153 e. The largest absolute Gasteiger partial charge is 0.454 e. The van der Waals surface area contributed by atoms with Crippen LogP contribution in [0.25, 0.3) is 44.5 Å². The summed E-state index contributed by atoms with van der Waals surface area (Å²) in [6.07, 6.45) is 1.77. The number of benzene rings is 3. The van der Waals surface area contributed by atoms with E-state index in [1.54, 1.807) is 18.3 Å². The second kappa shape index (κ2) is 8.21. The molecule has 6 rings (SSSR count). The number of furan rings is 1. The zero-order chi connectivity index (χ0) is 26.5. The lowest BCUT2D eigenvalue weighted by Crippen LogP contribution is -2.20. The normalized spacial score (nSPS) is 13.5. The molecule has 0 aliphatic heterocycles. The summed E-state index contributed by atoms with van der Waals surface area (Å²) in [6, 6.07) is 31.4. The second-order valence-electron chi connectivity index (χ2n) is 9.33. The number of fused-ring (bicyclic) bond motifs is 3. The maximum absolute atomic E-state index is 7.62. The second-order valence-corrected chi connectivity index (χ2v) is 9.33. The molecular weight excluding hydrogens is 428 g/mol. The zero-order valence-electron chi connectivity index (χ0n) is 22.6. The summed E-state index contributed by atoms with van der Waals surface area (Å²) in [5, 5.41) is 0.942. The van der Waals surface area contributed by atoms with Crippen LogP contribution < -0.4 is 0 Å². The van der Waals surface area contributed by atoms with Crippen LogP contribution in [0.1, 0.15) is 34.8 Å². The molecule has 0 spiro atoms. The molecule has 35 heavy (non-hydrogen) atoms. The Morgan fingerprint density at radius 2 is 1.63 bits per heavy atom. The Kier molecular flexibility index (Phi) is 4.25. The molecule has 3 heterocycles. The lowest BCUT2D eigenvalue weighted by Gasteiger charge is -2.24. The first-order valence-electron chi connectivity index (χ1n) is 13.2. The van der Waals surface area contributed by atoms with Crippen LogP contribution in [0.5, 0.6) is 0 Å². The SMILES string of the molecule is [2H]C([2H])([2H])c1ccc(-c2ccnc(-c3cccc4c3oc3ccc(C(C)(C)c5ccccc5)nc34)c2)cc1. The number of hydrogen-bond donors (Lipinski definition) is 0. The van der Waals surface area contributed by atoms with Crippen LogP contribution in [0.15, 0.2) is 108 Å². The number of para-hydroxylation sites is 1. The first-order chi connectivity index (χ1) is 18.2. The molecule has 3 heteroatoms. The van der Waals surface area contributed by atoms with Gasteiger partial charge < -0.3 is 4.42 Å². The van der Waals surface area contributed by atoms with Crippen LogP contribution in [0, 0.1) is 6.85 Å². The van der Waals surface area contributed by atoms with Gasteiger partial charge in [-0.1, -0.05) is 80.1 Å². The molecule has 0 atom stereocenters. The third-order valence-corrected chi connectivity index (χ3v) is 6.73. The van der Waals surface area contributed by atoms with E-state index >= 15 is 0 Å². The average molecular weight is 458 g/mol. The minimum atomic E-state index is -2.12. The Labute approximate surface area is 209 Å². The van der Waals surface area contributed by atoms with Crippen molar-refractivity contribution in [3.8, 4) is 22.4 Å². The van der Waals surface area contributed by atoms with Crippen molar-refractivity contribution in [1.82, 2.24) is 9.97 Å². The molecule has 0 saturated carbocycles. The third-order valence-electron chi connectivity index (χ3n) is 6.73. The van der Waals surface area contributed by atoms with Crippen LogP contribution >= 0.6 is 0 Å². The van der Waals surface area contributed by atoms with Gasteiger partial charge in [0.1, 0.15) is 11.1 Å². The Hall–Kier alpha value is -4.24. The molecule has 0 saturated heterocycles. The van der Waals surface area contributed by atoms with Crippen LogP contribution in [-0.4, -0.2) is 9.97 Å². The predicted octanol–water partition coefficient (Wildman–Crippen LogP) is 8.34. The summed E-state index contributed by atoms with van der Waals surface area (Å²) in [4.78, 5) is 9.72. The standard InChI is InChI=1S/C32H26N2O/c1-21-12-14-22(15-13-21)23-18-19-33-27(20-23)25-10-7-11-26-30-28(35-31(25)26)16-17-29(34-30)32(2,3)24-8-5-4-6-9-24/h4-20H,1-3H3/i1D3. The number of rotatable bonds is 4. The molecule has 0 aliphatic carbocycles. The van der Waals surface area contributed by atoms with Gasteiger partial charge >= 0.3 is 0 Å². The minimum Gasteiger partial charge on any atom is -0.454 e. The fourth-order valence-electron chi connectivity index (χ4n) is 4.64. The highest BCUT2D eigenvalue weighted by Crippen LogP contribution is 2.37. The van der Waals surface area contributed by atoms with Gasteiger partial charge in [-0.2, -0.15) is 0 Å². The molecule has 0 amide bonds. The van der Waals surface area contributed by atoms with Gasteiger partial charge in [0.2, 0.25) is 0 Å². The van der Waals surface area contributed by atoms with E-state index in [2.05, 4.69) is 43.1 Å². The fourth-order valence-corrected chi connectivity index (χ4v) is 4.64. The van der Waals surface area contributed by atoms with Gasteiger partial charge in [-0.25, -0.2) is 4.98 Å². The van der Waals surface area contributed by atoms with Crippen molar-refractivity contribution in [2.24, 2.45) is 0 Å². The van der Waals surface area contributed by atoms with Gasteiger partial charge in [-0.15, -0.1) is 0 Å². The highest BCUT2D eigenvalue weighted by atomic mass is 16.3. The van der Waals surface area contributed by atoms with Crippen molar-refractivity contribution < 1.29 is 8.53 Å². The Morgan fingerprint density at radius 3 is 2.43 bits per heavy atom. The number of aromatic nitrogens is 2. The van der Waals surface area contributed by atoms with E-state index in [1.165, 1.54) is 5.56 Å². The Balaban J connectivity index is 1.43. The number of nitrogens with zero attached hydrogens (tertiary/aromatic N) is 2. The molecule has 0 N–H and O–H groups in total. The van der Waals surface area contributed by atoms with Gasteiger partial charge in [0.15, 0.2) is 5.58 Å². The van der Waals surface area contributed by atoms with E-state index in [0.717, 1.165) is 50.1 Å². The Bertz CT molecular complexity index is 1770. The number of hydrogen-bond acceptors (Lipinski definition) is 3. The van der Waals surface area contributed by atoms with E-state index < -0.39 is 6.85 Å². The van der Waals surface area contributed by atoms with Crippen molar-refractivity contribution in [2.45, 2.75) is 26.1 Å². The number of aryl methyl sites for hydroxylation is 1. The molecule has 0 radical (unpaired) electrons. The molecule has 6 aromatic rings.